The smallest absolute Gasteiger partial charge is 0.0725 e. The van der Waals surface area contributed by atoms with E-state index >= 15 is 0 Å². The molecule has 0 saturated carbocycles. The first-order valence-corrected chi connectivity index (χ1v) is 14.5. The maximum atomic E-state index is 6.98. The molecule has 2 aromatic heterocycles. The first-order valence-electron chi connectivity index (χ1n) is 14.5. The maximum Gasteiger partial charge on any atom is 0.0725 e. The number of para-hydroxylation sites is 2. The summed E-state index contributed by atoms with van der Waals surface area (Å²) in [4.78, 5) is 2.68. The van der Waals surface area contributed by atoms with Gasteiger partial charge in [-0.2, -0.15) is 0 Å². The zero-order chi connectivity index (χ0) is 27.3. The molecule has 198 valence electrons. The summed E-state index contributed by atoms with van der Waals surface area (Å²) in [5.41, 5.74) is 8.18. The topological polar surface area (TPSA) is 39.1 Å². The van der Waals surface area contributed by atoms with Gasteiger partial charge in [-0.1, -0.05) is 97.1 Å². The second-order valence-electron chi connectivity index (χ2n) is 11.7. The summed E-state index contributed by atoms with van der Waals surface area (Å²) in [5, 5.41) is 4.95. The van der Waals surface area contributed by atoms with Gasteiger partial charge in [-0.15, -0.1) is 0 Å². The van der Waals surface area contributed by atoms with E-state index in [1.165, 1.54) is 43.8 Å². The van der Waals surface area contributed by atoms with Crippen molar-refractivity contribution in [3.8, 4) is 5.69 Å². The largest absolute Gasteiger partial charge is 0.354 e. The van der Waals surface area contributed by atoms with Crippen LogP contribution in [0.1, 0.15) is 24.8 Å². The summed E-state index contributed by atoms with van der Waals surface area (Å²) in [5.74, 6) is 7.25. The van der Waals surface area contributed by atoms with Crippen molar-refractivity contribution in [1.82, 2.24) is 9.24 Å². The quantitative estimate of drug-likeness (QED) is 0.229. The molecule has 4 nitrogen and oxygen atoms in total. The number of nitrogens with zero attached hydrogens (tertiary/aromatic N) is 3. The van der Waals surface area contributed by atoms with Gasteiger partial charge >= 0.3 is 0 Å². The Morgan fingerprint density at radius 1 is 0.732 bits per heavy atom. The van der Waals surface area contributed by atoms with Crippen LogP contribution in [-0.4, -0.2) is 20.8 Å². The lowest BCUT2D eigenvalue weighted by molar-refractivity contribution is 0.469. The molecule has 0 radical (unpaired) electrons. The predicted molar refractivity (Wildman–Crippen MR) is 173 cm³/mol. The van der Waals surface area contributed by atoms with Crippen LogP contribution < -0.4 is 10.7 Å². The standard InChI is InChI=1S/C37H30N4/c1-37-23-11-10-17-29(37)28-20-22-32-34(36(28)40(37)25-14-6-3-7-15-25)33-31(41(32)38)21-19-27-26-16-8-9-18-30(26)39(35(27)33)24-12-4-2-5-13-24/h2-14,16-23,25,29H,15,38H2,1H3. The third-order valence-corrected chi connectivity index (χ3v) is 9.65. The number of nitrogens with two attached hydrogens (primary N) is 1. The molecule has 0 bridgehead atoms. The average Bonchev–Trinajstić information content (AvgIpc) is 3.61. The van der Waals surface area contributed by atoms with Gasteiger partial charge in [-0.3, -0.25) is 4.68 Å². The molecule has 3 atom stereocenters. The van der Waals surface area contributed by atoms with E-state index in [-0.39, 0.29) is 17.5 Å². The molecule has 2 N–H and O–H groups in total. The Balaban J connectivity index is 1.50. The maximum absolute atomic E-state index is 6.98. The predicted octanol–water partition coefficient (Wildman–Crippen LogP) is 8.28. The summed E-state index contributed by atoms with van der Waals surface area (Å²) in [6.45, 7) is 2.40. The lowest BCUT2D eigenvalue weighted by atomic mass is 9.80. The second-order valence-corrected chi connectivity index (χ2v) is 11.7. The Labute approximate surface area is 238 Å². The normalized spacial score (nSPS) is 22.9. The average molecular weight is 531 g/mol. The first-order chi connectivity index (χ1) is 20.2. The Hall–Kier alpha value is -4.96. The summed E-state index contributed by atoms with van der Waals surface area (Å²) in [7, 11) is 0. The molecule has 4 heteroatoms. The van der Waals surface area contributed by atoms with Crippen molar-refractivity contribution >= 4 is 49.3 Å². The number of allylic oxidation sites excluding steroid dienone is 4. The highest BCUT2D eigenvalue weighted by Crippen LogP contribution is 2.56. The molecule has 3 unspecified atom stereocenters. The highest BCUT2D eigenvalue weighted by molar-refractivity contribution is 6.28. The van der Waals surface area contributed by atoms with Gasteiger partial charge in [0.25, 0.3) is 0 Å². The van der Waals surface area contributed by atoms with Gasteiger partial charge in [0.1, 0.15) is 0 Å². The third kappa shape index (κ3) is 2.84. The highest BCUT2D eigenvalue weighted by atomic mass is 15.3. The molecular formula is C37H30N4. The highest BCUT2D eigenvalue weighted by Gasteiger charge is 2.49. The van der Waals surface area contributed by atoms with Gasteiger partial charge in [-0.25, -0.2) is 0 Å². The fourth-order valence-electron chi connectivity index (χ4n) is 7.92. The van der Waals surface area contributed by atoms with Gasteiger partial charge in [0.15, 0.2) is 0 Å². The molecule has 3 heterocycles. The van der Waals surface area contributed by atoms with Gasteiger partial charge in [0.05, 0.1) is 39.3 Å². The summed E-state index contributed by atoms with van der Waals surface area (Å²) >= 11 is 0. The number of anilines is 1. The van der Waals surface area contributed by atoms with Crippen molar-refractivity contribution in [1.29, 1.82) is 0 Å². The fraction of sp³-hybridized carbons (Fsp3) is 0.135. The van der Waals surface area contributed by atoms with Crippen LogP contribution in [0, 0.1) is 0 Å². The van der Waals surface area contributed by atoms with Crippen molar-refractivity contribution in [3.05, 3.63) is 133 Å². The molecule has 41 heavy (non-hydrogen) atoms. The van der Waals surface area contributed by atoms with E-state index < -0.39 is 0 Å². The number of aromatic nitrogens is 2. The van der Waals surface area contributed by atoms with E-state index in [4.69, 9.17) is 5.84 Å². The second kappa shape index (κ2) is 8.05. The van der Waals surface area contributed by atoms with Gasteiger partial charge in [-0.05, 0) is 49.2 Å². The lowest BCUT2D eigenvalue weighted by Gasteiger charge is -2.43. The summed E-state index contributed by atoms with van der Waals surface area (Å²) < 4.78 is 4.34. The third-order valence-electron chi connectivity index (χ3n) is 9.65. The van der Waals surface area contributed by atoms with Crippen LogP contribution in [0.15, 0.2) is 127 Å². The van der Waals surface area contributed by atoms with Crippen LogP contribution >= 0.6 is 0 Å². The van der Waals surface area contributed by atoms with E-state index in [1.807, 2.05) is 4.68 Å². The Morgan fingerprint density at radius 3 is 2.37 bits per heavy atom. The Kier molecular flexibility index (Phi) is 4.48. The van der Waals surface area contributed by atoms with Crippen molar-refractivity contribution < 1.29 is 0 Å². The molecule has 0 fully saturated rings. The molecule has 1 aliphatic heterocycles. The number of hydrogen-bond acceptors (Lipinski definition) is 2. The lowest BCUT2D eigenvalue weighted by Crippen LogP contribution is -2.50. The fourth-order valence-corrected chi connectivity index (χ4v) is 7.92. The van der Waals surface area contributed by atoms with E-state index in [9.17, 15) is 0 Å². The van der Waals surface area contributed by atoms with Crippen molar-refractivity contribution in [2.24, 2.45) is 0 Å². The van der Waals surface area contributed by atoms with Crippen LogP contribution in [0.3, 0.4) is 0 Å². The Morgan fingerprint density at radius 2 is 1.51 bits per heavy atom. The van der Waals surface area contributed by atoms with Gasteiger partial charge in [0, 0.05) is 33.2 Å². The van der Waals surface area contributed by atoms with Crippen LogP contribution in [0.4, 0.5) is 5.69 Å². The molecule has 2 aliphatic carbocycles. The summed E-state index contributed by atoms with van der Waals surface area (Å²) in [6, 6.07) is 28.7. The first kappa shape index (κ1) is 22.8. The Bertz CT molecular complexity index is 2170. The molecule has 3 aliphatic rings. The molecule has 4 aromatic carbocycles. The number of hydrogen-bond donors (Lipinski definition) is 1. The minimum absolute atomic E-state index is 0.172. The zero-order valence-electron chi connectivity index (χ0n) is 22.9. The van der Waals surface area contributed by atoms with Crippen LogP contribution in [0.2, 0.25) is 0 Å². The molecule has 0 spiro atoms. The van der Waals surface area contributed by atoms with Crippen LogP contribution in [0.25, 0.3) is 49.3 Å². The molecule has 0 saturated heterocycles. The van der Waals surface area contributed by atoms with E-state index in [2.05, 4.69) is 144 Å². The number of nitrogen functional groups attached to an aromatic ring is 1. The van der Waals surface area contributed by atoms with E-state index in [0.29, 0.717) is 0 Å². The zero-order valence-corrected chi connectivity index (χ0v) is 22.9. The van der Waals surface area contributed by atoms with Crippen molar-refractivity contribution in [2.75, 3.05) is 10.7 Å². The van der Waals surface area contributed by atoms with Gasteiger partial charge in [0.2, 0.25) is 0 Å². The van der Waals surface area contributed by atoms with E-state index in [0.717, 1.165) is 23.1 Å². The number of rotatable bonds is 2. The summed E-state index contributed by atoms with van der Waals surface area (Å²) in [6.07, 6.45) is 19.2. The molecule has 9 rings (SSSR count). The minimum Gasteiger partial charge on any atom is -0.354 e. The minimum atomic E-state index is -0.172. The van der Waals surface area contributed by atoms with E-state index in [1.54, 1.807) is 0 Å². The molecule has 0 amide bonds. The number of fused-ring (bicyclic) bond motifs is 11. The van der Waals surface area contributed by atoms with Crippen molar-refractivity contribution in [2.45, 2.75) is 30.8 Å². The van der Waals surface area contributed by atoms with Gasteiger partial charge < -0.3 is 15.3 Å². The van der Waals surface area contributed by atoms with Crippen LogP contribution in [-0.2, 0) is 0 Å². The molecular weight excluding hydrogens is 500 g/mol. The molecule has 6 aromatic rings. The number of benzene rings is 4. The monoisotopic (exact) mass is 530 g/mol. The van der Waals surface area contributed by atoms with Crippen molar-refractivity contribution in [3.63, 3.8) is 0 Å². The van der Waals surface area contributed by atoms with Crippen LogP contribution in [0.5, 0.6) is 0 Å². The SMILES string of the molecule is CC12C=CC=CC1c1ccc3c(c1N2C1C=CC=CC1)c1c(ccc2c4ccccc4n(-c4ccccc4)c21)n3N.